The fourth-order valence-corrected chi connectivity index (χ4v) is 2.04. The fraction of sp³-hybridized carbons (Fsp3) is 0.400. The molecule has 19 heavy (non-hydrogen) atoms. The van der Waals surface area contributed by atoms with E-state index in [9.17, 15) is 5.11 Å². The van der Waals surface area contributed by atoms with Crippen LogP contribution < -0.4 is 4.74 Å². The van der Waals surface area contributed by atoms with Gasteiger partial charge in [0.05, 0.1) is 18.9 Å². The van der Waals surface area contributed by atoms with E-state index in [1.807, 2.05) is 43.6 Å². The van der Waals surface area contributed by atoms with Crippen molar-refractivity contribution in [3.05, 3.63) is 47.8 Å². The molecule has 4 heteroatoms. The van der Waals surface area contributed by atoms with E-state index in [1.165, 1.54) is 5.56 Å². The van der Waals surface area contributed by atoms with Gasteiger partial charge in [0, 0.05) is 19.7 Å². The zero-order valence-electron chi connectivity index (χ0n) is 11.4. The van der Waals surface area contributed by atoms with Crippen molar-refractivity contribution in [3.8, 4) is 5.75 Å². The molecule has 0 aliphatic heterocycles. The Kier molecular flexibility index (Phi) is 4.58. The van der Waals surface area contributed by atoms with Gasteiger partial charge in [-0.2, -0.15) is 5.10 Å². The largest absolute Gasteiger partial charge is 0.497 e. The van der Waals surface area contributed by atoms with Crippen LogP contribution in [-0.2, 0) is 19.9 Å². The first kappa shape index (κ1) is 13.6. The summed E-state index contributed by atoms with van der Waals surface area (Å²) in [6, 6.07) is 9.90. The summed E-state index contributed by atoms with van der Waals surface area (Å²) in [6.07, 6.45) is 3.75. The number of aryl methyl sites for hydroxylation is 2. The molecule has 1 unspecified atom stereocenters. The molecule has 1 heterocycles. The highest BCUT2D eigenvalue weighted by Crippen LogP contribution is 2.14. The van der Waals surface area contributed by atoms with Gasteiger partial charge >= 0.3 is 0 Å². The summed E-state index contributed by atoms with van der Waals surface area (Å²) in [7, 11) is 3.54. The molecule has 2 rings (SSSR count). The number of hydrogen-bond acceptors (Lipinski definition) is 3. The fourth-order valence-electron chi connectivity index (χ4n) is 2.04. The molecule has 0 bridgehead atoms. The molecule has 0 saturated heterocycles. The molecular formula is C15H20N2O2. The number of hydrogen-bond donors (Lipinski definition) is 1. The second-order valence-corrected chi connectivity index (χ2v) is 4.73. The summed E-state index contributed by atoms with van der Waals surface area (Å²) in [4.78, 5) is 0. The first-order valence-electron chi connectivity index (χ1n) is 6.47. The third-order valence-electron chi connectivity index (χ3n) is 3.14. The van der Waals surface area contributed by atoms with Crippen molar-refractivity contribution in [2.75, 3.05) is 7.11 Å². The molecule has 0 spiro atoms. The standard InChI is InChI=1S/C15H20N2O2/c1-17-10-9-13(16-17)11-14(18)6-3-12-4-7-15(19-2)8-5-12/h4-5,7-10,14,18H,3,6,11H2,1-2H3. The van der Waals surface area contributed by atoms with Gasteiger partial charge in [-0.05, 0) is 36.6 Å². The monoisotopic (exact) mass is 260 g/mol. The van der Waals surface area contributed by atoms with Crippen LogP contribution in [0.4, 0.5) is 0 Å². The normalized spacial score (nSPS) is 12.4. The number of rotatable bonds is 6. The summed E-state index contributed by atoms with van der Waals surface area (Å²) < 4.78 is 6.87. The average Bonchev–Trinajstić information content (AvgIpc) is 2.82. The highest BCUT2D eigenvalue weighted by molar-refractivity contribution is 5.27. The van der Waals surface area contributed by atoms with Crippen LogP contribution in [0.1, 0.15) is 17.7 Å². The zero-order chi connectivity index (χ0) is 13.7. The van der Waals surface area contributed by atoms with Crippen molar-refractivity contribution in [1.29, 1.82) is 0 Å². The second-order valence-electron chi connectivity index (χ2n) is 4.73. The lowest BCUT2D eigenvalue weighted by Gasteiger charge is -2.09. The number of aromatic nitrogens is 2. The van der Waals surface area contributed by atoms with Crippen molar-refractivity contribution in [2.24, 2.45) is 7.05 Å². The minimum atomic E-state index is -0.350. The Balaban J connectivity index is 1.80. The minimum absolute atomic E-state index is 0.350. The van der Waals surface area contributed by atoms with Crippen LogP contribution in [0.25, 0.3) is 0 Å². The summed E-state index contributed by atoms with van der Waals surface area (Å²) in [5.41, 5.74) is 2.14. The van der Waals surface area contributed by atoms with Gasteiger partial charge in [0.2, 0.25) is 0 Å². The number of aliphatic hydroxyl groups excluding tert-OH is 1. The Bertz CT molecular complexity index is 505. The topological polar surface area (TPSA) is 47.3 Å². The summed E-state index contributed by atoms with van der Waals surface area (Å²) in [6.45, 7) is 0. The molecule has 4 nitrogen and oxygen atoms in total. The number of nitrogens with zero attached hydrogens (tertiary/aromatic N) is 2. The lowest BCUT2D eigenvalue weighted by Crippen LogP contribution is -2.12. The van der Waals surface area contributed by atoms with Crippen LogP contribution in [0, 0.1) is 0 Å². The van der Waals surface area contributed by atoms with Gasteiger partial charge in [0.25, 0.3) is 0 Å². The maximum atomic E-state index is 10.00. The number of aliphatic hydroxyl groups is 1. The van der Waals surface area contributed by atoms with Crippen molar-refractivity contribution in [2.45, 2.75) is 25.4 Å². The number of methoxy groups -OCH3 is 1. The summed E-state index contributed by atoms with van der Waals surface area (Å²) in [5.74, 6) is 0.859. The number of benzene rings is 1. The molecule has 2 aromatic rings. The van der Waals surface area contributed by atoms with Crippen LogP contribution in [0.5, 0.6) is 5.75 Å². The van der Waals surface area contributed by atoms with E-state index in [0.717, 1.165) is 24.3 Å². The van der Waals surface area contributed by atoms with Gasteiger partial charge in [-0.1, -0.05) is 12.1 Å². The van der Waals surface area contributed by atoms with Crippen LogP contribution >= 0.6 is 0 Å². The first-order chi connectivity index (χ1) is 9.17. The maximum Gasteiger partial charge on any atom is 0.118 e. The quantitative estimate of drug-likeness (QED) is 0.863. The molecule has 0 amide bonds. The van der Waals surface area contributed by atoms with E-state index in [1.54, 1.807) is 11.8 Å². The molecule has 1 aromatic heterocycles. The van der Waals surface area contributed by atoms with Crippen molar-refractivity contribution >= 4 is 0 Å². The molecule has 0 saturated carbocycles. The van der Waals surface area contributed by atoms with Crippen LogP contribution in [0.2, 0.25) is 0 Å². The van der Waals surface area contributed by atoms with E-state index < -0.39 is 0 Å². The Morgan fingerprint density at radius 2 is 2.00 bits per heavy atom. The molecule has 0 fully saturated rings. The van der Waals surface area contributed by atoms with Crippen LogP contribution in [-0.4, -0.2) is 28.1 Å². The molecule has 1 atom stereocenters. The molecule has 102 valence electrons. The third-order valence-corrected chi connectivity index (χ3v) is 3.14. The lowest BCUT2D eigenvalue weighted by atomic mass is 10.0. The Morgan fingerprint density at radius 1 is 1.26 bits per heavy atom. The van der Waals surface area contributed by atoms with Gasteiger partial charge in [-0.15, -0.1) is 0 Å². The molecule has 0 radical (unpaired) electrons. The molecule has 0 aliphatic carbocycles. The molecule has 0 aliphatic rings. The van der Waals surface area contributed by atoms with Gasteiger partial charge in [0.1, 0.15) is 5.75 Å². The van der Waals surface area contributed by atoms with E-state index in [4.69, 9.17) is 4.74 Å². The van der Waals surface area contributed by atoms with Crippen LogP contribution in [0.15, 0.2) is 36.5 Å². The molecule has 1 aromatic carbocycles. The van der Waals surface area contributed by atoms with Crippen molar-refractivity contribution in [3.63, 3.8) is 0 Å². The summed E-state index contributed by atoms with van der Waals surface area (Å²) >= 11 is 0. The third kappa shape index (κ3) is 4.10. The predicted molar refractivity (Wildman–Crippen MR) is 74.2 cm³/mol. The smallest absolute Gasteiger partial charge is 0.118 e. The highest BCUT2D eigenvalue weighted by Gasteiger charge is 2.08. The van der Waals surface area contributed by atoms with E-state index in [2.05, 4.69) is 5.10 Å². The van der Waals surface area contributed by atoms with Gasteiger partial charge in [0.15, 0.2) is 0 Å². The lowest BCUT2D eigenvalue weighted by molar-refractivity contribution is 0.164. The van der Waals surface area contributed by atoms with Gasteiger partial charge in [-0.3, -0.25) is 4.68 Å². The van der Waals surface area contributed by atoms with Crippen LogP contribution in [0.3, 0.4) is 0 Å². The van der Waals surface area contributed by atoms with E-state index >= 15 is 0 Å². The molecule has 1 N–H and O–H groups in total. The van der Waals surface area contributed by atoms with E-state index in [0.29, 0.717) is 6.42 Å². The molecular weight excluding hydrogens is 240 g/mol. The maximum absolute atomic E-state index is 10.00. The Labute approximate surface area is 113 Å². The first-order valence-corrected chi connectivity index (χ1v) is 6.47. The van der Waals surface area contributed by atoms with E-state index in [-0.39, 0.29) is 6.10 Å². The van der Waals surface area contributed by atoms with Crippen molar-refractivity contribution < 1.29 is 9.84 Å². The van der Waals surface area contributed by atoms with Gasteiger partial charge < -0.3 is 9.84 Å². The zero-order valence-corrected chi connectivity index (χ0v) is 11.4. The SMILES string of the molecule is COc1ccc(CCC(O)Cc2ccn(C)n2)cc1. The van der Waals surface area contributed by atoms with Crippen molar-refractivity contribution in [1.82, 2.24) is 9.78 Å². The Hall–Kier alpha value is -1.81. The summed E-state index contributed by atoms with van der Waals surface area (Å²) in [5, 5.41) is 14.3. The minimum Gasteiger partial charge on any atom is -0.497 e. The second kappa shape index (κ2) is 6.38. The number of ether oxygens (including phenoxy) is 1. The Morgan fingerprint density at radius 3 is 2.58 bits per heavy atom. The average molecular weight is 260 g/mol. The predicted octanol–water partition coefficient (Wildman–Crippen LogP) is 1.96. The highest BCUT2D eigenvalue weighted by atomic mass is 16.5. The van der Waals surface area contributed by atoms with Gasteiger partial charge in [-0.25, -0.2) is 0 Å².